The molecule has 134 valence electrons. The molecule has 26 heavy (non-hydrogen) atoms. The van der Waals surface area contributed by atoms with E-state index in [1.165, 1.54) is 10.1 Å². The van der Waals surface area contributed by atoms with Crippen LogP contribution in [0.4, 0.5) is 5.69 Å². The van der Waals surface area contributed by atoms with Crippen molar-refractivity contribution in [3.05, 3.63) is 81.9 Å². The van der Waals surface area contributed by atoms with Gasteiger partial charge in [-0.05, 0) is 29.7 Å². The normalized spacial score (nSPS) is 12.5. The number of benzene rings is 2. The number of anilines is 1. The number of hydrogen-bond acceptors (Lipinski definition) is 3. The van der Waals surface area contributed by atoms with E-state index in [-0.39, 0.29) is 11.6 Å². The predicted molar refractivity (Wildman–Crippen MR) is 103 cm³/mol. The zero-order valence-corrected chi connectivity index (χ0v) is 14.9. The highest BCUT2D eigenvalue weighted by Crippen LogP contribution is 2.27. The Morgan fingerprint density at radius 1 is 1.04 bits per heavy atom. The quantitative estimate of drug-likeness (QED) is 0.603. The van der Waals surface area contributed by atoms with Gasteiger partial charge in [-0.3, -0.25) is 9.13 Å². The minimum atomic E-state index is -0.116. The van der Waals surface area contributed by atoms with Crippen LogP contribution in [0.5, 0.6) is 5.88 Å². The van der Waals surface area contributed by atoms with Gasteiger partial charge in [-0.15, -0.1) is 0 Å². The van der Waals surface area contributed by atoms with E-state index in [4.69, 9.17) is 0 Å². The lowest BCUT2D eigenvalue weighted by atomic mass is 9.99. The smallest absolute Gasteiger partial charge is 0.331 e. The van der Waals surface area contributed by atoms with Crippen molar-refractivity contribution in [1.82, 2.24) is 9.13 Å². The van der Waals surface area contributed by atoms with Crippen molar-refractivity contribution in [3.8, 4) is 5.88 Å². The molecule has 1 aliphatic rings. The third-order valence-corrected chi connectivity index (χ3v) is 5.18. The highest BCUT2D eigenvalue weighted by molar-refractivity contribution is 5.44. The van der Waals surface area contributed by atoms with E-state index >= 15 is 0 Å². The topological polar surface area (TPSA) is 50.4 Å². The standard InChI is InChI=1S/C21H23N3O2/c1-22(18-10-3-2-4-11-18)12-7-13-23-20(25)19-14-16-8-5-6-9-17(16)15-24(19)21(23)26/h2-6,8-11,25H,7,12-15H2,1H3. The summed E-state index contributed by atoms with van der Waals surface area (Å²) in [6.45, 7) is 1.86. The van der Waals surface area contributed by atoms with E-state index in [1.54, 1.807) is 4.57 Å². The summed E-state index contributed by atoms with van der Waals surface area (Å²) in [5.41, 5.74) is 4.10. The van der Waals surface area contributed by atoms with Crippen LogP contribution in [0.3, 0.4) is 0 Å². The zero-order chi connectivity index (χ0) is 18.1. The molecule has 0 atom stereocenters. The summed E-state index contributed by atoms with van der Waals surface area (Å²) in [6.07, 6.45) is 1.39. The van der Waals surface area contributed by atoms with Gasteiger partial charge in [-0.2, -0.15) is 0 Å². The fourth-order valence-electron chi connectivity index (χ4n) is 3.68. The van der Waals surface area contributed by atoms with Crippen LogP contribution in [0, 0.1) is 0 Å². The summed E-state index contributed by atoms with van der Waals surface area (Å²) in [6, 6.07) is 18.3. The van der Waals surface area contributed by atoms with Crippen LogP contribution in [0.15, 0.2) is 59.4 Å². The number of rotatable bonds is 5. The highest BCUT2D eigenvalue weighted by atomic mass is 16.3. The Balaban J connectivity index is 1.49. The van der Waals surface area contributed by atoms with Crippen molar-refractivity contribution in [2.75, 3.05) is 18.5 Å². The van der Waals surface area contributed by atoms with Gasteiger partial charge in [0.15, 0.2) is 0 Å². The van der Waals surface area contributed by atoms with E-state index in [9.17, 15) is 9.90 Å². The molecule has 3 aromatic rings. The van der Waals surface area contributed by atoms with E-state index in [1.807, 2.05) is 43.4 Å². The molecule has 5 heteroatoms. The molecule has 2 aromatic carbocycles. The first-order valence-electron chi connectivity index (χ1n) is 8.99. The molecule has 0 aliphatic carbocycles. The Labute approximate surface area is 152 Å². The molecule has 4 rings (SSSR count). The number of nitrogens with zero attached hydrogens (tertiary/aromatic N) is 3. The van der Waals surface area contributed by atoms with Crippen LogP contribution in [0.1, 0.15) is 23.2 Å². The first-order chi connectivity index (χ1) is 12.6. The van der Waals surface area contributed by atoms with Gasteiger partial charge in [-0.25, -0.2) is 4.79 Å². The third-order valence-electron chi connectivity index (χ3n) is 5.18. The molecule has 5 nitrogen and oxygen atoms in total. The molecule has 0 unspecified atom stereocenters. The van der Waals surface area contributed by atoms with Gasteiger partial charge in [0.2, 0.25) is 5.88 Å². The number of para-hydroxylation sites is 1. The minimum absolute atomic E-state index is 0.116. The van der Waals surface area contributed by atoms with Crippen molar-refractivity contribution in [2.24, 2.45) is 0 Å². The average Bonchev–Trinajstić information content (AvgIpc) is 2.91. The molecule has 0 saturated carbocycles. The molecule has 2 heterocycles. The molecule has 0 bridgehead atoms. The van der Waals surface area contributed by atoms with Crippen molar-refractivity contribution < 1.29 is 5.11 Å². The van der Waals surface area contributed by atoms with Gasteiger partial charge in [0.05, 0.1) is 12.2 Å². The van der Waals surface area contributed by atoms with Gasteiger partial charge >= 0.3 is 5.69 Å². The molecule has 0 amide bonds. The lowest BCUT2D eigenvalue weighted by Gasteiger charge is -2.19. The van der Waals surface area contributed by atoms with Gasteiger partial charge in [0.1, 0.15) is 0 Å². The minimum Gasteiger partial charge on any atom is -0.493 e. The van der Waals surface area contributed by atoms with E-state index < -0.39 is 0 Å². The number of imidazole rings is 1. The lowest BCUT2D eigenvalue weighted by Crippen LogP contribution is -2.28. The summed E-state index contributed by atoms with van der Waals surface area (Å²) in [5.74, 6) is 0.117. The number of aromatic nitrogens is 2. The number of fused-ring (bicyclic) bond motifs is 2. The molecule has 0 radical (unpaired) electrons. The Bertz CT molecular complexity index is 973. The van der Waals surface area contributed by atoms with Crippen LogP contribution in [0.25, 0.3) is 0 Å². The average molecular weight is 349 g/mol. The summed E-state index contributed by atoms with van der Waals surface area (Å²) in [5, 5.41) is 10.6. The van der Waals surface area contributed by atoms with Crippen LogP contribution < -0.4 is 10.6 Å². The largest absolute Gasteiger partial charge is 0.493 e. The summed E-state index contributed by atoms with van der Waals surface area (Å²) >= 11 is 0. The molecule has 0 saturated heterocycles. The fraction of sp³-hybridized carbons (Fsp3) is 0.286. The van der Waals surface area contributed by atoms with Crippen LogP contribution in [-0.4, -0.2) is 27.8 Å². The second kappa shape index (κ2) is 6.75. The SMILES string of the molecule is CN(CCCn1c(O)c2n(c1=O)Cc1ccccc1C2)c1ccccc1. The number of hydrogen-bond donors (Lipinski definition) is 1. The van der Waals surface area contributed by atoms with Gasteiger partial charge in [0.25, 0.3) is 0 Å². The third kappa shape index (κ3) is 2.90. The van der Waals surface area contributed by atoms with Crippen molar-refractivity contribution >= 4 is 5.69 Å². The first kappa shape index (κ1) is 16.5. The molecule has 1 aliphatic heterocycles. The maximum absolute atomic E-state index is 12.7. The maximum Gasteiger partial charge on any atom is 0.331 e. The summed E-state index contributed by atoms with van der Waals surface area (Å²) < 4.78 is 3.22. The van der Waals surface area contributed by atoms with E-state index in [0.29, 0.717) is 19.5 Å². The molecular formula is C21H23N3O2. The Morgan fingerprint density at radius 3 is 2.50 bits per heavy atom. The second-order valence-corrected chi connectivity index (χ2v) is 6.85. The van der Waals surface area contributed by atoms with Crippen molar-refractivity contribution in [2.45, 2.75) is 25.9 Å². The fourth-order valence-corrected chi connectivity index (χ4v) is 3.68. The van der Waals surface area contributed by atoms with Crippen LogP contribution in [0.2, 0.25) is 0 Å². The van der Waals surface area contributed by atoms with Crippen LogP contribution in [-0.2, 0) is 19.5 Å². The maximum atomic E-state index is 12.7. The monoisotopic (exact) mass is 349 g/mol. The lowest BCUT2D eigenvalue weighted by molar-refractivity contribution is 0.405. The Kier molecular flexibility index (Phi) is 4.29. The summed E-state index contributed by atoms with van der Waals surface area (Å²) in [7, 11) is 2.04. The van der Waals surface area contributed by atoms with Gasteiger partial charge in [-0.1, -0.05) is 42.5 Å². The second-order valence-electron chi connectivity index (χ2n) is 6.85. The molecule has 0 fully saturated rings. The molecule has 1 aromatic heterocycles. The van der Waals surface area contributed by atoms with E-state index in [2.05, 4.69) is 23.1 Å². The molecule has 0 spiro atoms. The highest BCUT2D eigenvalue weighted by Gasteiger charge is 2.24. The Hall–Kier alpha value is -2.95. The van der Waals surface area contributed by atoms with Crippen molar-refractivity contribution in [3.63, 3.8) is 0 Å². The predicted octanol–water partition coefficient (Wildman–Crippen LogP) is 2.83. The first-order valence-corrected chi connectivity index (χ1v) is 8.99. The number of aromatic hydroxyl groups is 1. The van der Waals surface area contributed by atoms with Gasteiger partial charge in [0, 0.05) is 32.2 Å². The summed E-state index contributed by atoms with van der Waals surface area (Å²) in [4.78, 5) is 14.9. The Morgan fingerprint density at radius 2 is 1.73 bits per heavy atom. The van der Waals surface area contributed by atoms with Crippen molar-refractivity contribution in [1.29, 1.82) is 0 Å². The van der Waals surface area contributed by atoms with Crippen LogP contribution >= 0.6 is 0 Å². The van der Waals surface area contributed by atoms with Gasteiger partial charge < -0.3 is 10.0 Å². The molecule has 1 N–H and O–H groups in total. The zero-order valence-electron chi connectivity index (χ0n) is 14.9. The molecular weight excluding hydrogens is 326 g/mol. The van der Waals surface area contributed by atoms with E-state index in [0.717, 1.165) is 29.9 Å².